The third-order valence-electron chi connectivity index (χ3n) is 5.24. The second-order valence-corrected chi connectivity index (χ2v) is 6.98. The number of hydrogen-bond acceptors (Lipinski definition) is 3. The Bertz CT molecular complexity index is 1020. The van der Waals surface area contributed by atoms with Gasteiger partial charge in [0.1, 0.15) is 11.6 Å². The monoisotopic (exact) mass is 375 g/mol. The van der Waals surface area contributed by atoms with E-state index in [1.807, 2.05) is 56.3 Å². The Morgan fingerprint density at radius 2 is 1.93 bits per heavy atom. The molecular weight excluding hydrogens is 353 g/mol. The van der Waals surface area contributed by atoms with Gasteiger partial charge in [0.05, 0.1) is 12.6 Å². The lowest BCUT2D eigenvalue weighted by atomic mass is 10.0. The highest BCUT2D eigenvalue weighted by Gasteiger charge is 2.29. The molecule has 1 aliphatic heterocycles. The Morgan fingerprint density at radius 3 is 2.64 bits per heavy atom. The number of fused-ring (bicyclic) bond motifs is 1. The quantitative estimate of drug-likeness (QED) is 0.680. The van der Waals surface area contributed by atoms with Crippen molar-refractivity contribution in [2.24, 2.45) is 0 Å². The summed E-state index contributed by atoms with van der Waals surface area (Å²) < 4.78 is 14.7. The van der Waals surface area contributed by atoms with E-state index in [1.54, 1.807) is 23.2 Å². The van der Waals surface area contributed by atoms with Crippen molar-refractivity contribution in [1.82, 2.24) is 9.88 Å². The topological polar surface area (TPSA) is 45.2 Å². The largest absolute Gasteiger partial charge is 0.363 e. The summed E-state index contributed by atoms with van der Waals surface area (Å²) in [4.78, 5) is 18.6. The van der Waals surface area contributed by atoms with Crippen molar-refractivity contribution in [3.8, 4) is 11.1 Å². The number of nitrogens with one attached hydrogen (secondary N) is 1. The molecule has 5 heteroatoms. The first-order valence-corrected chi connectivity index (χ1v) is 9.47. The maximum atomic E-state index is 14.7. The third kappa shape index (κ3) is 3.24. The zero-order chi connectivity index (χ0) is 19.7. The fraction of sp³-hybridized carbons (Fsp3) is 0.217. The van der Waals surface area contributed by atoms with Gasteiger partial charge >= 0.3 is 0 Å². The minimum atomic E-state index is -0.254. The smallest absolute Gasteiger partial charge is 0.254 e. The summed E-state index contributed by atoms with van der Waals surface area (Å²) in [6, 6.07) is 16.4. The predicted octanol–water partition coefficient (Wildman–Crippen LogP) is 5.04. The van der Waals surface area contributed by atoms with Crippen LogP contribution in [0.1, 0.15) is 41.4 Å². The molecule has 1 aromatic heterocycles. The second-order valence-electron chi connectivity index (χ2n) is 6.98. The highest BCUT2D eigenvalue weighted by Crippen LogP contribution is 2.31. The number of aromatic nitrogens is 1. The lowest BCUT2D eigenvalue weighted by Crippen LogP contribution is -2.22. The number of hydrogen-bond donors (Lipinski definition) is 1. The molecule has 28 heavy (non-hydrogen) atoms. The van der Waals surface area contributed by atoms with Gasteiger partial charge in [-0.2, -0.15) is 0 Å². The fourth-order valence-corrected chi connectivity index (χ4v) is 3.61. The number of nitrogens with zero attached hydrogens (tertiary/aromatic N) is 2. The molecular formula is C23H22FN3O. The molecule has 2 aromatic carbocycles. The standard InChI is InChI=1S/C23H22FN3O/c1-3-27-14-20-19(23(27)28)11-12-25-22(20)26-15(2)17-9-10-18(21(24)13-17)16-7-5-4-6-8-16/h4-13,15H,3,14H2,1-2H3,(H,25,26). The van der Waals surface area contributed by atoms with Gasteiger partial charge in [0, 0.05) is 29.4 Å². The molecule has 142 valence electrons. The molecule has 3 aromatic rings. The number of halogens is 1. The van der Waals surface area contributed by atoms with Crippen molar-refractivity contribution in [3.63, 3.8) is 0 Å². The zero-order valence-electron chi connectivity index (χ0n) is 15.9. The number of carbonyl (C=O) groups is 1. The number of anilines is 1. The molecule has 2 heterocycles. The van der Waals surface area contributed by atoms with E-state index in [1.165, 1.54) is 0 Å². The minimum Gasteiger partial charge on any atom is -0.363 e. The summed E-state index contributed by atoms with van der Waals surface area (Å²) in [6.07, 6.45) is 1.64. The molecule has 0 saturated heterocycles. The SMILES string of the molecule is CCN1Cc2c(ccnc2NC(C)c2ccc(-c3ccccc3)c(F)c2)C1=O. The van der Waals surface area contributed by atoms with Crippen molar-refractivity contribution >= 4 is 11.7 Å². The lowest BCUT2D eigenvalue weighted by molar-refractivity contribution is 0.0787. The highest BCUT2D eigenvalue weighted by atomic mass is 19.1. The normalized spacial score (nSPS) is 14.1. The van der Waals surface area contributed by atoms with Gasteiger partial charge in [0.25, 0.3) is 5.91 Å². The maximum absolute atomic E-state index is 14.7. The number of benzene rings is 2. The summed E-state index contributed by atoms with van der Waals surface area (Å²) in [5.41, 5.74) is 3.86. The van der Waals surface area contributed by atoms with E-state index in [-0.39, 0.29) is 17.8 Å². The second kappa shape index (κ2) is 7.43. The average Bonchev–Trinajstić information content (AvgIpc) is 3.05. The van der Waals surface area contributed by atoms with Crippen LogP contribution in [-0.2, 0) is 6.54 Å². The van der Waals surface area contributed by atoms with Gasteiger partial charge in [-0.15, -0.1) is 0 Å². The van der Waals surface area contributed by atoms with Crippen LogP contribution < -0.4 is 5.32 Å². The van der Waals surface area contributed by atoms with Gasteiger partial charge in [-0.3, -0.25) is 4.79 Å². The van der Waals surface area contributed by atoms with E-state index in [9.17, 15) is 9.18 Å². The molecule has 1 unspecified atom stereocenters. The van der Waals surface area contributed by atoms with E-state index in [0.29, 0.717) is 30.0 Å². The van der Waals surface area contributed by atoms with Crippen molar-refractivity contribution in [1.29, 1.82) is 0 Å². The first kappa shape index (κ1) is 18.2. The van der Waals surface area contributed by atoms with Crippen LogP contribution in [0.15, 0.2) is 60.8 Å². The highest BCUT2D eigenvalue weighted by molar-refractivity contribution is 5.99. The Morgan fingerprint density at radius 1 is 1.14 bits per heavy atom. The van der Waals surface area contributed by atoms with Gasteiger partial charge < -0.3 is 10.2 Å². The van der Waals surface area contributed by atoms with E-state index in [0.717, 1.165) is 16.7 Å². The van der Waals surface area contributed by atoms with E-state index >= 15 is 0 Å². The van der Waals surface area contributed by atoms with Crippen LogP contribution in [0.2, 0.25) is 0 Å². The molecule has 0 fully saturated rings. The molecule has 4 nitrogen and oxygen atoms in total. The van der Waals surface area contributed by atoms with Gasteiger partial charge in [-0.1, -0.05) is 42.5 Å². The number of amides is 1. The molecule has 0 radical (unpaired) electrons. The van der Waals surface area contributed by atoms with Gasteiger partial charge in [-0.25, -0.2) is 9.37 Å². The molecule has 0 spiro atoms. The predicted molar refractivity (Wildman–Crippen MR) is 109 cm³/mol. The maximum Gasteiger partial charge on any atom is 0.254 e. The molecule has 0 bridgehead atoms. The average molecular weight is 375 g/mol. The molecule has 0 saturated carbocycles. The summed E-state index contributed by atoms with van der Waals surface area (Å²) >= 11 is 0. The molecule has 0 aliphatic carbocycles. The lowest BCUT2D eigenvalue weighted by Gasteiger charge is -2.18. The number of carbonyl (C=O) groups excluding carboxylic acids is 1. The van der Waals surface area contributed by atoms with Crippen LogP contribution in [0.3, 0.4) is 0 Å². The Labute approximate surface area is 164 Å². The first-order valence-electron chi connectivity index (χ1n) is 9.47. The van der Waals surface area contributed by atoms with E-state index < -0.39 is 0 Å². The van der Waals surface area contributed by atoms with Crippen LogP contribution in [0.5, 0.6) is 0 Å². The summed E-state index contributed by atoms with van der Waals surface area (Å²) in [7, 11) is 0. The summed E-state index contributed by atoms with van der Waals surface area (Å²) in [5.74, 6) is 0.464. The van der Waals surface area contributed by atoms with Crippen LogP contribution in [0.25, 0.3) is 11.1 Å². The van der Waals surface area contributed by atoms with Crippen LogP contribution in [0.4, 0.5) is 10.2 Å². The van der Waals surface area contributed by atoms with Crippen molar-refractivity contribution < 1.29 is 9.18 Å². The first-order chi connectivity index (χ1) is 13.6. The molecule has 1 amide bonds. The summed E-state index contributed by atoms with van der Waals surface area (Å²) in [6.45, 7) is 5.14. The number of rotatable bonds is 5. The van der Waals surface area contributed by atoms with Crippen LogP contribution >= 0.6 is 0 Å². The summed E-state index contributed by atoms with van der Waals surface area (Å²) in [5, 5.41) is 3.35. The van der Waals surface area contributed by atoms with Gasteiger partial charge in [0.2, 0.25) is 0 Å². The van der Waals surface area contributed by atoms with Gasteiger partial charge in [-0.05, 0) is 37.1 Å². The fourth-order valence-electron chi connectivity index (χ4n) is 3.61. The van der Waals surface area contributed by atoms with E-state index in [2.05, 4.69) is 10.3 Å². The van der Waals surface area contributed by atoms with Crippen LogP contribution in [-0.4, -0.2) is 22.3 Å². The van der Waals surface area contributed by atoms with Crippen molar-refractivity contribution in [3.05, 3.63) is 83.3 Å². The Kier molecular flexibility index (Phi) is 4.82. The molecule has 1 atom stereocenters. The molecule has 1 N–H and O–H groups in total. The van der Waals surface area contributed by atoms with Crippen molar-refractivity contribution in [2.45, 2.75) is 26.4 Å². The Hall–Kier alpha value is -3.21. The third-order valence-corrected chi connectivity index (χ3v) is 5.24. The minimum absolute atomic E-state index is 0.0360. The van der Waals surface area contributed by atoms with Crippen LogP contribution in [0, 0.1) is 5.82 Å². The van der Waals surface area contributed by atoms with Crippen molar-refractivity contribution in [2.75, 3.05) is 11.9 Å². The number of pyridine rings is 1. The van der Waals surface area contributed by atoms with Gasteiger partial charge in [0.15, 0.2) is 0 Å². The zero-order valence-corrected chi connectivity index (χ0v) is 15.9. The van der Waals surface area contributed by atoms with E-state index in [4.69, 9.17) is 0 Å². The molecule has 4 rings (SSSR count). The molecule has 1 aliphatic rings. The Balaban J connectivity index is 1.58.